The number of aliphatic hydroxyl groups excluding tert-OH is 1. The van der Waals surface area contributed by atoms with Gasteiger partial charge in [0, 0.05) is 17.0 Å². The number of benzene rings is 1. The van der Waals surface area contributed by atoms with Gasteiger partial charge in [-0.05, 0) is 24.3 Å². The van der Waals surface area contributed by atoms with Gasteiger partial charge < -0.3 is 10.4 Å². The van der Waals surface area contributed by atoms with Crippen LogP contribution in [0.5, 0.6) is 0 Å². The Morgan fingerprint density at radius 3 is 2.94 bits per heavy atom. The molecule has 0 fully saturated rings. The minimum atomic E-state index is -0.148. The van der Waals surface area contributed by atoms with Crippen molar-refractivity contribution in [2.75, 3.05) is 13.2 Å². The number of hydrogen-bond acceptors (Lipinski definition) is 3. The number of pyridine rings is 1. The van der Waals surface area contributed by atoms with Gasteiger partial charge >= 0.3 is 0 Å². The van der Waals surface area contributed by atoms with Gasteiger partial charge in [-0.1, -0.05) is 17.7 Å². The van der Waals surface area contributed by atoms with Crippen LogP contribution in [0.1, 0.15) is 5.69 Å². The van der Waals surface area contributed by atoms with Crippen LogP contribution < -0.4 is 5.32 Å². The lowest BCUT2D eigenvalue weighted by atomic mass is 10.2. The maximum Gasteiger partial charge on any atom is 0.226 e. The van der Waals surface area contributed by atoms with Gasteiger partial charge in [-0.2, -0.15) is 0 Å². The fraction of sp³-hybridized carbons (Fsp3) is 0.231. The number of carbonyl (C=O) groups excluding carboxylic acids is 1. The van der Waals surface area contributed by atoms with Crippen LogP contribution in [-0.4, -0.2) is 29.1 Å². The topological polar surface area (TPSA) is 62.2 Å². The molecule has 1 amide bonds. The zero-order valence-corrected chi connectivity index (χ0v) is 10.4. The zero-order chi connectivity index (χ0) is 13.0. The van der Waals surface area contributed by atoms with Crippen molar-refractivity contribution in [3.63, 3.8) is 0 Å². The molecule has 2 rings (SSSR count). The first-order valence-electron chi connectivity index (χ1n) is 5.62. The van der Waals surface area contributed by atoms with Gasteiger partial charge in [-0.15, -0.1) is 0 Å². The smallest absolute Gasteiger partial charge is 0.226 e. The molecule has 18 heavy (non-hydrogen) atoms. The highest BCUT2D eigenvalue weighted by molar-refractivity contribution is 6.31. The number of aromatic nitrogens is 1. The molecule has 0 unspecified atom stereocenters. The molecular weight excluding hydrogens is 252 g/mol. The van der Waals surface area contributed by atoms with E-state index in [9.17, 15) is 4.79 Å². The molecule has 5 heteroatoms. The Bertz CT molecular complexity index is 572. The second kappa shape index (κ2) is 5.80. The Morgan fingerprint density at radius 1 is 1.33 bits per heavy atom. The fourth-order valence-corrected chi connectivity index (χ4v) is 1.84. The van der Waals surface area contributed by atoms with Crippen LogP contribution in [0, 0.1) is 0 Å². The largest absolute Gasteiger partial charge is 0.395 e. The van der Waals surface area contributed by atoms with Crippen LogP contribution in [-0.2, 0) is 11.2 Å². The molecule has 4 nitrogen and oxygen atoms in total. The lowest BCUT2D eigenvalue weighted by Crippen LogP contribution is -2.28. The minimum Gasteiger partial charge on any atom is -0.395 e. The van der Waals surface area contributed by atoms with Crippen molar-refractivity contribution in [3.05, 3.63) is 41.0 Å². The predicted octanol–water partition coefficient (Wildman–Crippen LogP) is 1.54. The van der Waals surface area contributed by atoms with Gasteiger partial charge in [-0.3, -0.25) is 9.78 Å². The van der Waals surface area contributed by atoms with Crippen molar-refractivity contribution < 1.29 is 9.90 Å². The normalized spacial score (nSPS) is 10.6. The number of hydrogen-bond donors (Lipinski definition) is 2. The van der Waals surface area contributed by atoms with Crippen molar-refractivity contribution in [2.45, 2.75) is 6.42 Å². The first kappa shape index (κ1) is 12.8. The van der Waals surface area contributed by atoms with Crippen LogP contribution in [0.2, 0.25) is 5.02 Å². The second-order valence-electron chi connectivity index (χ2n) is 3.89. The number of fused-ring (bicyclic) bond motifs is 1. The van der Waals surface area contributed by atoms with Gasteiger partial charge in [-0.25, -0.2) is 0 Å². The van der Waals surface area contributed by atoms with Gasteiger partial charge in [0.2, 0.25) is 5.91 Å². The van der Waals surface area contributed by atoms with Crippen molar-refractivity contribution in [2.24, 2.45) is 0 Å². The molecule has 0 saturated heterocycles. The first-order valence-corrected chi connectivity index (χ1v) is 5.99. The fourth-order valence-electron chi connectivity index (χ4n) is 1.66. The third-order valence-corrected chi connectivity index (χ3v) is 2.72. The van der Waals surface area contributed by atoms with E-state index in [4.69, 9.17) is 16.7 Å². The predicted molar refractivity (Wildman–Crippen MR) is 70.6 cm³/mol. The molecule has 0 spiro atoms. The van der Waals surface area contributed by atoms with Crippen LogP contribution in [0.4, 0.5) is 0 Å². The maximum absolute atomic E-state index is 11.5. The van der Waals surface area contributed by atoms with E-state index in [2.05, 4.69) is 10.3 Å². The Kier molecular flexibility index (Phi) is 4.12. The van der Waals surface area contributed by atoms with Crippen molar-refractivity contribution >= 4 is 28.4 Å². The Hall–Kier alpha value is -1.65. The molecule has 0 aliphatic carbocycles. The average Bonchev–Trinajstić information content (AvgIpc) is 2.36. The van der Waals surface area contributed by atoms with E-state index in [1.54, 1.807) is 12.1 Å². The van der Waals surface area contributed by atoms with Crippen LogP contribution in [0.15, 0.2) is 30.3 Å². The summed E-state index contributed by atoms with van der Waals surface area (Å²) in [4.78, 5) is 15.9. The number of amides is 1. The van der Waals surface area contributed by atoms with E-state index >= 15 is 0 Å². The average molecular weight is 265 g/mol. The summed E-state index contributed by atoms with van der Waals surface area (Å²) < 4.78 is 0. The number of nitrogens with zero attached hydrogens (tertiary/aromatic N) is 1. The molecule has 0 bridgehead atoms. The summed E-state index contributed by atoms with van der Waals surface area (Å²) in [5.74, 6) is -0.148. The molecule has 0 radical (unpaired) electrons. The Morgan fingerprint density at radius 2 is 2.17 bits per heavy atom. The van der Waals surface area contributed by atoms with E-state index in [0.717, 1.165) is 10.9 Å². The molecule has 1 heterocycles. The first-order chi connectivity index (χ1) is 8.69. The maximum atomic E-state index is 11.5. The van der Waals surface area contributed by atoms with E-state index in [1.165, 1.54) is 0 Å². The highest BCUT2D eigenvalue weighted by atomic mass is 35.5. The number of halogens is 1. The highest BCUT2D eigenvalue weighted by Crippen LogP contribution is 2.18. The summed E-state index contributed by atoms with van der Waals surface area (Å²) >= 11 is 5.88. The van der Waals surface area contributed by atoms with Gasteiger partial charge in [0.25, 0.3) is 0 Å². The number of aliphatic hydroxyl groups is 1. The van der Waals surface area contributed by atoms with E-state index in [-0.39, 0.29) is 25.5 Å². The third-order valence-electron chi connectivity index (χ3n) is 2.48. The number of rotatable bonds is 4. The zero-order valence-electron chi connectivity index (χ0n) is 9.69. The van der Waals surface area contributed by atoms with E-state index in [1.807, 2.05) is 18.2 Å². The second-order valence-corrected chi connectivity index (χ2v) is 4.33. The van der Waals surface area contributed by atoms with Gasteiger partial charge in [0.1, 0.15) is 0 Å². The molecule has 0 aliphatic rings. The minimum absolute atomic E-state index is 0.0601. The quantitative estimate of drug-likeness (QED) is 0.881. The Balaban J connectivity index is 2.15. The molecule has 2 N–H and O–H groups in total. The van der Waals surface area contributed by atoms with Crippen molar-refractivity contribution in [1.29, 1.82) is 0 Å². The van der Waals surface area contributed by atoms with Crippen LogP contribution >= 0.6 is 11.6 Å². The van der Waals surface area contributed by atoms with Gasteiger partial charge in [0.05, 0.1) is 24.2 Å². The molecule has 2 aromatic rings. The van der Waals surface area contributed by atoms with Gasteiger partial charge in [0.15, 0.2) is 0 Å². The van der Waals surface area contributed by atoms with Crippen LogP contribution in [0.25, 0.3) is 10.9 Å². The summed E-state index contributed by atoms with van der Waals surface area (Å²) in [6, 6.07) is 9.12. The van der Waals surface area contributed by atoms with Crippen molar-refractivity contribution in [1.82, 2.24) is 10.3 Å². The standard InChI is InChI=1S/C13H13ClN2O2/c14-10-2-4-12-9(7-10)1-3-11(16-12)8-13(18)15-5-6-17/h1-4,7,17H,5-6,8H2,(H,15,18). The molecule has 0 saturated carbocycles. The molecule has 1 aromatic heterocycles. The molecule has 0 atom stereocenters. The number of nitrogens with one attached hydrogen (secondary N) is 1. The third kappa shape index (κ3) is 3.18. The lowest BCUT2D eigenvalue weighted by Gasteiger charge is -2.04. The summed E-state index contributed by atoms with van der Waals surface area (Å²) in [5.41, 5.74) is 1.51. The summed E-state index contributed by atoms with van der Waals surface area (Å²) in [6.07, 6.45) is 0.207. The van der Waals surface area contributed by atoms with Crippen LogP contribution in [0.3, 0.4) is 0 Å². The SMILES string of the molecule is O=C(Cc1ccc2cc(Cl)ccc2n1)NCCO. The molecule has 1 aromatic carbocycles. The number of carbonyl (C=O) groups is 1. The van der Waals surface area contributed by atoms with Crippen molar-refractivity contribution in [3.8, 4) is 0 Å². The summed E-state index contributed by atoms with van der Waals surface area (Å²) in [5, 5.41) is 12.8. The lowest BCUT2D eigenvalue weighted by molar-refractivity contribution is -0.120. The van der Waals surface area contributed by atoms with E-state index in [0.29, 0.717) is 10.7 Å². The summed E-state index contributed by atoms with van der Waals surface area (Å²) in [7, 11) is 0. The monoisotopic (exact) mass is 264 g/mol. The van der Waals surface area contributed by atoms with E-state index < -0.39 is 0 Å². The molecule has 0 aliphatic heterocycles. The summed E-state index contributed by atoms with van der Waals surface area (Å²) in [6.45, 7) is 0.206. The molecular formula is C13H13ClN2O2. The Labute approximate surface area is 110 Å². The molecule has 94 valence electrons. The highest BCUT2D eigenvalue weighted by Gasteiger charge is 2.05.